The number of phenols is 1. The van der Waals surface area contributed by atoms with Gasteiger partial charge in [0, 0.05) is 18.8 Å². The van der Waals surface area contributed by atoms with E-state index in [1.165, 1.54) is 36.0 Å². The molecule has 2 N–H and O–H groups in total. The molecule has 2 rings (SSSR count). The fourth-order valence-electron chi connectivity index (χ4n) is 1.99. The molecule has 6 nitrogen and oxygen atoms in total. The average Bonchev–Trinajstić information content (AvgIpc) is 2.48. The Balaban J connectivity index is 2.50. The lowest BCUT2D eigenvalue weighted by Gasteiger charge is -2.09. The summed E-state index contributed by atoms with van der Waals surface area (Å²) < 4.78 is 1.27. The van der Waals surface area contributed by atoms with Crippen LogP contribution in [-0.4, -0.2) is 28.9 Å². The van der Waals surface area contributed by atoms with Crippen LogP contribution in [0.25, 0.3) is 0 Å². The third-order valence-electron chi connectivity index (χ3n) is 2.98. The van der Waals surface area contributed by atoms with Crippen LogP contribution in [0.15, 0.2) is 41.3 Å². The van der Waals surface area contributed by atoms with E-state index in [2.05, 4.69) is 5.32 Å². The number of aromatic hydroxyl groups is 1. The highest BCUT2D eigenvalue weighted by molar-refractivity contribution is 5.95. The van der Waals surface area contributed by atoms with Crippen molar-refractivity contribution in [3.63, 3.8) is 0 Å². The molecule has 1 aromatic heterocycles. The zero-order valence-electron chi connectivity index (χ0n) is 11.4. The van der Waals surface area contributed by atoms with Gasteiger partial charge in [0.15, 0.2) is 6.29 Å². The molecule has 0 aliphatic carbocycles. The lowest BCUT2D eigenvalue weighted by molar-refractivity contribution is 0.0961. The van der Waals surface area contributed by atoms with Crippen LogP contribution >= 0.6 is 0 Å². The quantitative estimate of drug-likeness (QED) is 0.813. The first-order valence-electron chi connectivity index (χ1n) is 6.25. The number of aldehydes is 1. The van der Waals surface area contributed by atoms with Crippen molar-refractivity contribution in [3.8, 4) is 5.75 Å². The second-order valence-electron chi connectivity index (χ2n) is 4.49. The zero-order chi connectivity index (χ0) is 15.4. The summed E-state index contributed by atoms with van der Waals surface area (Å²) in [5, 5.41) is 11.8. The molecule has 0 atom stereocenters. The van der Waals surface area contributed by atoms with E-state index < -0.39 is 11.5 Å². The van der Waals surface area contributed by atoms with Gasteiger partial charge in [-0.25, -0.2) is 0 Å². The third kappa shape index (κ3) is 3.17. The molecule has 0 aliphatic heterocycles. The van der Waals surface area contributed by atoms with Gasteiger partial charge in [-0.05, 0) is 23.8 Å². The van der Waals surface area contributed by atoms with Crippen LogP contribution in [0.3, 0.4) is 0 Å². The lowest BCUT2D eigenvalue weighted by atomic mass is 10.1. The number of hydrogen-bond donors (Lipinski definition) is 2. The Kier molecular flexibility index (Phi) is 4.18. The highest BCUT2D eigenvalue weighted by Gasteiger charge is 2.13. The molecule has 1 aromatic carbocycles. The number of carbonyl (C=O) groups excluding carboxylic acids is 2. The molecule has 6 heteroatoms. The van der Waals surface area contributed by atoms with Crippen LogP contribution in [-0.2, 0) is 6.54 Å². The molecular weight excluding hydrogens is 272 g/mol. The molecule has 0 saturated heterocycles. The smallest absolute Gasteiger partial charge is 0.263 e. The van der Waals surface area contributed by atoms with E-state index in [-0.39, 0.29) is 23.4 Å². The van der Waals surface area contributed by atoms with E-state index in [0.717, 1.165) is 0 Å². The molecule has 0 aliphatic rings. The average molecular weight is 286 g/mol. The van der Waals surface area contributed by atoms with Crippen molar-refractivity contribution >= 4 is 12.2 Å². The fourth-order valence-corrected chi connectivity index (χ4v) is 1.99. The second kappa shape index (κ2) is 6.04. The highest BCUT2D eigenvalue weighted by Crippen LogP contribution is 2.12. The van der Waals surface area contributed by atoms with Gasteiger partial charge in [0.25, 0.3) is 11.5 Å². The molecule has 1 heterocycles. The molecular formula is C15H14N2O4. The molecule has 108 valence electrons. The summed E-state index contributed by atoms with van der Waals surface area (Å²) in [4.78, 5) is 34.9. The number of rotatable bonds is 4. The number of carbonyl (C=O) groups is 2. The second-order valence-corrected chi connectivity index (χ2v) is 4.49. The van der Waals surface area contributed by atoms with Gasteiger partial charge in [-0.1, -0.05) is 12.1 Å². The maximum atomic E-state index is 12.3. The summed E-state index contributed by atoms with van der Waals surface area (Å²) >= 11 is 0. The van der Waals surface area contributed by atoms with Gasteiger partial charge in [0.1, 0.15) is 11.3 Å². The zero-order valence-corrected chi connectivity index (χ0v) is 11.4. The van der Waals surface area contributed by atoms with Crippen molar-refractivity contribution in [2.45, 2.75) is 6.54 Å². The predicted molar refractivity (Wildman–Crippen MR) is 76.7 cm³/mol. The van der Waals surface area contributed by atoms with Crippen LogP contribution in [0.2, 0.25) is 0 Å². The molecule has 0 bridgehead atoms. The molecule has 2 aromatic rings. The van der Waals surface area contributed by atoms with E-state index >= 15 is 0 Å². The summed E-state index contributed by atoms with van der Waals surface area (Å²) in [6.07, 6.45) is 1.96. The summed E-state index contributed by atoms with van der Waals surface area (Å²) in [5.74, 6) is -0.466. The van der Waals surface area contributed by atoms with Gasteiger partial charge in [-0.15, -0.1) is 0 Å². The van der Waals surface area contributed by atoms with E-state index in [9.17, 15) is 19.5 Å². The summed E-state index contributed by atoms with van der Waals surface area (Å²) in [6, 6.07) is 7.68. The number of nitrogens with one attached hydrogen (secondary N) is 1. The fraction of sp³-hybridized carbons (Fsp3) is 0.133. The Morgan fingerprint density at radius 2 is 2.14 bits per heavy atom. The highest BCUT2D eigenvalue weighted by atomic mass is 16.3. The van der Waals surface area contributed by atoms with Gasteiger partial charge in [0.05, 0.1) is 6.54 Å². The number of nitrogens with zero attached hydrogens (tertiary/aromatic N) is 1. The Morgan fingerprint density at radius 1 is 1.38 bits per heavy atom. The van der Waals surface area contributed by atoms with Gasteiger partial charge in [-0.2, -0.15) is 0 Å². The van der Waals surface area contributed by atoms with Gasteiger partial charge in [0.2, 0.25) is 0 Å². The van der Waals surface area contributed by atoms with Crippen molar-refractivity contribution in [1.29, 1.82) is 0 Å². The van der Waals surface area contributed by atoms with Crippen LogP contribution in [0.5, 0.6) is 5.75 Å². The number of amides is 1. The monoisotopic (exact) mass is 286 g/mol. The number of hydrogen-bond acceptors (Lipinski definition) is 4. The Labute approximate surface area is 120 Å². The van der Waals surface area contributed by atoms with Crippen molar-refractivity contribution in [2.24, 2.45) is 0 Å². The lowest BCUT2D eigenvalue weighted by Crippen LogP contribution is -2.31. The third-order valence-corrected chi connectivity index (χ3v) is 2.98. The first-order chi connectivity index (χ1) is 10.0. The number of phenolic OH excluding ortho intramolecular Hbond substituents is 1. The molecule has 0 unspecified atom stereocenters. The molecule has 0 saturated carbocycles. The number of aromatic nitrogens is 1. The molecule has 0 spiro atoms. The molecule has 21 heavy (non-hydrogen) atoms. The minimum Gasteiger partial charge on any atom is -0.508 e. The topological polar surface area (TPSA) is 88.4 Å². The Morgan fingerprint density at radius 3 is 2.76 bits per heavy atom. The van der Waals surface area contributed by atoms with Crippen LogP contribution in [0.4, 0.5) is 0 Å². The van der Waals surface area contributed by atoms with Crippen molar-refractivity contribution < 1.29 is 14.7 Å². The molecule has 0 fully saturated rings. The number of pyridine rings is 1. The summed E-state index contributed by atoms with van der Waals surface area (Å²) in [5.41, 5.74) is 0.321. The van der Waals surface area contributed by atoms with Crippen molar-refractivity contribution in [1.82, 2.24) is 9.88 Å². The van der Waals surface area contributed by atoms with Crippen molar-refractivity contribution in [2.75, 3.05) is 7.05 Å². The molecule has 0 radical (unpaired) electrons. The predicted octanol–water partition coefficient (Wildman–Crippen LogP) is 0.774. The largest absolute Gasteiger partial charge is 0.508 e. The van der Waals surface area contributed by atoms with Crippen LogP contribution in [0.1, 0.15) is 26.3 Å². The van der Waals surface area contributed by atoms with E-state index in [0.29, 0.717) is 11.8 Å². The van der Waals surface area contributed by atoms with E-state index in [4.69, 9.17) is 0 Å². The van der Waals surface area contributed by atoms with E-state index in [1.54, 1.807) is 12.1 Å². The standard InChI is InChI=1S/C15H14N2O4/c1-16-14(20)13-6-11(9-18)8-17(15(13)21)7-10-3-2-4-12(19)5-10/h2-6,8-9,19H,7H2,1H3,(H,16,20). The van der Waals surface area contributed by atoms with Gasteiger partial charge >= 0.3 is 0 Å². The first kappa shape index (κ1) is 14.5. The minimum atomic E-state index is -0.548. The number of benzene rings is 1. The van der Waals surface area contributed by atoms with Gasteiger partial charge < -0.3 is 15.0 Å². The Bertz CT molecular complexity index is 750. The molecule has 1 amide bonds. The van der Waals surface area contributed by atoms with Crippen molar-refractivity contribution in [3.05, 3.63) is 63.6 Å². The van der Waals surface area contributed by atoms with Gasteiger partial charge in [-0.3, -0.25) is 14.4 Å². The maximum Gasteiger partial charge on any atom is 0.263 e. The van der Waals surface area contributed by atoms with E-state index in [1.807, 2.05) is 0 Å². The maximum absolute atomic E-state index is 12.3. The Hall–Kier alpha value is -2.89. The summed E-state index contributed by atoms with van der Waals surface area (Å²) in [6.45, 7) is 0.152. The van der Waals surface area contributed by atoms with Crippen LogP contribution < -0.4 is 10.9 Å². The summed E-state index contributed by atoms with van der Waals surface area (Å²) in [7, 11) is 1.41. The minimum absolute atomic E-state index is 0.0821. The van der Waals surface area contributed by atoms with Crippen LogP contribution in [0, 0.1) is 0 Å². The normalized spacial score (nSPS) is 10.1. The SMILES string of the molecule is CNC(=O)c1cc(C=O)cn(Cc2cccc(O)c2)c1=O. The first-order valence-corrected chi connectivity index (χ1v) is 6.25.